The van der Waals surface area contributed by atoms with E-state index in [1.807, 2.05) is 13.8 Å². The van der Waals surface area contributed by atoms with Gasteiger partial charge in [0.15, 0.2) is 5.82 Å². The van der Waals surface area contributed by atoms with Gasteiger partial charge < -0.3 is 27.4 Å². The van der Waals surface area contributed by atoms with Crippen molar-refractivity contribution in [2.24, 2.45) is 5.73 Å². The van der Waals surface area contributed by atoms with Crippen molar-refractivity contribution in [3.63, 3.8) is 0 Å². The first-order valence-electron chi connectivity index (χ1n) is 13.0. The van der Waals surface area contributed by atoms with Gasteiger partial charge in [0, 0.05) is 41.1 Å². The highest BCUT2D eigenvalue weighted by atomic mass is 28.3. The topological polar surface area (TPSA) is 181 Å². The molecule has 1 heterocycles. The van der Waals surface area contributed by atoms with Gasteiger partial charge in [0.2, 0.25) is 5.91 Å². The lowest BCUT2D eigenvalue weighted by Crippen LogP contribution is -2.39. The van der Waals surface area contributed by atoms with Crippen molar-refractivity contribution in [3.05, 3.63) is 75.7 Å². The van der Waals surface area contributed by atoms with Gasteiger partial charge in [0.05, 0.1) is 20.0 Å². The van der Waals surface area contributed by atoms with Crippen molar-refractivity contribution >= 4 is 37.2 Å². The highest BCUT2D eigenvalue weighted by Gasteiger charge is 2.19. The smallest absolute Gasteiger partial charge is 0.294 e. The first kappa shape index (κ1) is 30.1. The van der Waals surface area contributed by atoms with Crippen LogP contribution in [0.15, 0.2) is 53.5 Å². The molecule has 3 aromatic rings. The predicted molar refractivity (Wildman–Crippen MR) is 162 cm³/mol. The number of nitrogen functional groups attached to an aromatic ring is 2. The lowest BCUT2D eigenvalue weighted by molar-refractivity contribution is -0.121. The number of rotatable bonds is 11. The molecule has 0 fully saturated rings. The molecule has 12 heteroatoms. The average Bonchev–Trinajstić information content (AvgIpc) is 2.87. The van der Waals surface area contributed by atoms with Gasteiger partial charge in [-0.1, -0.05) is 43.9 Å². The molecule has 11 nitrogen and oxygen atoms in total. The predicted octanol–water partition coefficient (Wildman–Crippen LogP) is 2.52. The Morgan fingerprint density at radius 1 is 1.05 bits per heavy atom. The molecule has 212 valence electrons. The Balaban J connectivity index is 1.92. The number of nitrogens with two attached hydrogens (primary N) is 2. The molecule has 40 heavy (non-hydrogen) atoms. The summed E-state index contributed by atoms with van der Waals surface area (Å²) in [6.45, 7) is 10.2. The van der Waals surface area contributed by atoms with Crippen LogP contribution in [0.2, 0.25) is 19.6 Å². The molecule has 0 aliphatic rings. The summed E-state index contributed by atoms with van der Waals surface area (Å²) in [7, 11) is -1.52. The summed E-state index contributed by atoms with van der Waals surface area (Å²) < 4.78 is 1.32. The average molecular weight is 563 g/mol. The standard InChI is InChI=1S/C28H38N8O3Si/c1-17(2)35-26-28(39)36(15-24(37)32-13-18-6-8-19(9-7-18)25(30)31)23(14-33-26)20-10-21(12-22(29)11-20)27(38)34-16-40(3,4)5/h6-12,14,17H,13,15-16,29H2,1-5H3,(H3,30,31)(H,32,37)(H,33,35)(H,34,38). The largest absolute Gasteiger partial charge is 0.399 e. The second-order valence-electron chi connectivity index (χ2n) is 11.2. The van der Waals surface area contributed by atoms with Gasteiger partial charge in [-0.2, -0.15) is 0 Å². The molecule has 0 unspecified atom stereocenters. The number of anilines is 2. The van der Waals surface area contributed by atoms with E-state index in [0.29, 0.717) is 34.2 Å². The molecule has 0 aliphatic heterocycles. The van der Waals surface area contributed by atoms with E-state index < -0.39 is 19.5 Å². The Morgan fingerprint density at radius 3 is 2.33 bits per heavy atom. The van der Waals surface area contributed by atoms with Crippen molar-refractivity contribution in [2.45, 2.75) is 52.6 Å². The van der Waals surface area contributed by atoms with E-state index in [0.717, 1.165) is 5.56 Å². The van der Waals surface area contributed by atoms with Crippen LogP contribution in [0.25, 0.3) is 11.3 Å². The molecule has 0 spiro atoms. The number of hydrogen-bond acceptors (Lipinski definition) is 7. The van der Waals surface area contributed by atoms with Gasteiger partial charge in [-0.15, -0.1) is 0 Å². The van der Waals surface area contributed by atoms with E-state index in [4.69, 9.17) is 16.9 Å². The van der Waals surface area contributed by atoms with Gasteiger partial charge in [-0.3, -0.25) is 24.4 Å². The molecule has 0 aliphatic carbocycles. The van der Waals surface area contributed by atoms with Gasteiger partial charge in [-0.05, 0) is 37.6 Å². The Labute approximate surface area is 234 Å². The van der Waals surface area contributed by atoms with E-state index in [-0.39, 0.29) is 36.7 Å². The maximum Gasteiger partial charge on any atom is 0.294 e. The summed E-state index contributed by atoms with van der Waals surface area (Å²) in [6, 6.07) is 11.8. The van der Waals surface area contributed by atoms with Crippen LogP contribution < -0.4 is 33.0 Å². The van der Waals surface area contributed by atoms with Crippen molar-refractivity contribution < 1.29 is 9.59 Å². The number of aromatic nitrogens is 2. The van der Waals surface area contributed by atoms with E-state index in [2.05, 4.69) is 40.6 Å². The van der Waals surface area contributed by atoms with E-state index in [1.165, 1.54) is 10.8 Å². The molecule has 2 aromatic carbocycles. The summed E-state index contributed by atoms with van der Waals surface area (Å²) in [6.07, 6.45) is 2.11. The molecule has 8 N–H and O–H groups in total. The third-order valence-electron chi connectivity index (χ3n) is 5.83. The molecule has 0 bridgehead atoms. The molecule has 0 saturated heterocycles. The summed E-state index contributed by atoms with van der Waals surface area (Å²) in [5.41, 5.74) is 14.1. The maximum absolute atomic E-state index is 13.4. The minimum absolute atomic E-state index is 0.0377. The minimum Gasteiger partial charge on any atom is -0.399 e. The molecule has 1 aromatic heterocycles. The Morgan fingerprint density at radius 2 is 1.73 bits per heavy atom. The monoisotopic (exact) mass is 562 g/mol. The van der Waals surface area contributed by atoms with Crippen molar-refractivity contribution in [2.75, 3.05) is 17.2 Å². The fourth-order valence-electron chi connectivity index (χ4n) is 3.83. The van der Waals surface area contributed by atoms with Crippen LogP contribution in [0.5, 0.6) is 0 Å². The van der Waals surface area contributed by atoms with E-state index in [9.17, 15) is 14.4 Å². The highest BCUT2D eigenvalue weighted by Crippen LogP contribution is 2.23. The van der Waals surface area contributed by atoms with Crippen LogP contribution >= 0.6 is 0 Å². The van der Waals surface area contributed by atoms with Crippen LogP contribution in [-0.4, -0.2) is 47.5 Å². The molecule has 0 radical (unpaired) electrons. The number of nitrogens with zero attached hydrogens (tertiary/aromatic N) is 2. The zero-order chi connectivity index (χ0) is 29.6. The van der Waals surface area contributed by atoms with Crippen molar-refractivity contribution in [1.29, 1.82) is 5.41 Å². The van der Waals surface area contributed by atoms with Crippen molar-refractivity contribution in [1.82, 2.24) is 20.2 Å². The maximum atomic E-state index is 13.4. The second-order valence-corrected chi connectivity index (χ2v) is 16.6. The summed E-state index contributed by atoms with van der Waals surface area (Å²) >= 11 is 0. The molecular weight excluding hydrogens is 524 g/mol. The van der Waals surface area contributed by atoms with Crippen LogP contribution in [0, 0.1) is 5.41 Å². The molecule has 0 atom stereocenters. The zero-order valence-corrected chi connectivity index (χ0v) is 24.6. The first-order chi connectivity index (χ1) is 18.7. The fourth-order valence-corrected chi connectivity index (χ4v) is 4.52. The number of carbonyl (C=O) groups is 2. The number of amidine groups is 1. The summed E-state index contributed by atoms with van der Waals surface area (Å²) in [5, 5.41) is 16.3. The second kappa shape index (κ2) is 12.6. The zero-order valence-electron chi connectivity index (χ0n) is 23.6. The Kier molecular flexibility index (Phi) is 9.48. The van der Waals surface area contributed by atoms with Gasteiger partial charge in [0.25, 0.3) is 11.5 Å². The quantitative estimate of drug-likeness (QED) is 0.0898. The SMILES string of the molecule is CC(C)Nc1ncc(-c2cc(N)cc(C(=O)NC[Si](C)(C)C)c2)n(CC(=O)NCc2ccc(C(=N)N)cc2)c1=O. The van der Waals surface area contributed by atoms with E-state index in [1.54, 1.807) is 42.5 Å². The number of amides is 2. The summed E-state index contributed by atoms with van der Waals surface area (Å²) in [5.74, 6) is -0.574. The lowest BCUT2D eigenvalue weighted by atomic mass is 10.1. The minimum atomic E-state index is -1.52. The molecule has 2 amide bonds. The van der Waals surface area contributed by atoms with Crippen LogP contribution in [-0.2, 0) is 17.9 Å². The van der Waals surface area contributed by atoms with Gasteiger partial charge in [0.1, 0.15) is 12.4 Å². The number of nitrogens with one attached hydrogen (secondary N) is 4. The summed E-state index contributed by atoms with van der Waals surface area (Å²) in [4.78, 5) is 43.6. The van der Waals surface area contributed by atoms with E-state index >= 15 is 0 Å². The fraction of sp³-hybridized carbons (Fsp3) is 0.321. The van der Waals surface area contributed by atoms with Crippen LogP contribution in [0.4, 0.5) is 11.5 Å². The van der Waals surface area contributed by atoms with Gasteiger partial charge in [-0.25, -0.2) is 4.98 Å². The lowest BCUT2D eigenvalue weighted by Gasteiger charge is -2.18. The Bertz CT molecular complexity index is 1460. The highest BCUT2D eigenvalue weighted by molar-refractivity contribution is 6.76. The number of benzene rings is 2. The normalized spacial score (nSPS) is 11.2. The van der Waals surface area contributed by atoms with Crippen LogP contribution in [0.3, 0.4) is 0 Å². The number of carbonyl (C=O) groups excluding carboxylic acids is 2. The first-order valence-corrected chi connectivity index (χ1v) is 16.7. The molecule has 0 saturated carbocycles. The third-order valence-corrected chi connectivity index (χ3v) is 7.07. The molecule has 3 rings (SSSR count). The van der Waals surface area contributed by atoms with Crippen LogP contribution in [0.1, 0.15) is 35.3 Å². The van der Waals surface area contributed by atoms with Crippen molar-refractivity contribution in [3.8, 4) is 11.3 Å². The molecular formula is C28H38N8O3Si. The third kappa shape index (κ3) is 8.27. The Hall–Kier alpha value is -4.45. The van der Waals surface area contributed by atoms with Gasteiger partial charge >= 0.3 is 0 Å². The number of hydrogen-bond donors (Lipinski definition) is 6.